The summed E-state index contributed by atoms with van der Waals surface area (Å²) in [6, 6.07) is 15.6. The summed E-state index contributed by atoms with van der Waals surface area (Å²) in [4.78, 5) is 27.5. The number of anilines is 5. The summed E-state index contributed by atoms with van der Waals surface area (Å²) in [5.74, 6) is 0.367. The summed E-state index contributed by atoms with van der Waals surface area (Å²) in [6.07, 6.45) is -3.79. The van der Waals surface area contributed by atoms with Gasteiger partial charge in [0.05, 0.1) is 22.4 Å². The maximum absolute atomic E-state index is 12.2. The topological polar surface area (TPSA) is 194 Å². The lowest BCUT2D eigenvalue weighted by Crippen LogP contribution is -2.50. The van der Waals surface area contributed by atoms with Gasteiger partial charge in [-0.1, -0.05) is 50.3 Å². The maximum atomic E-state index is 12.2. The summed E-state index contributed by atoms with van der Waals surface area (Å²) < 4.78 is 5.75. The van der Waals surface area contributed by atoms with Gasteiger partial charge < -0.3 is 41.3 Å². The SMILES string of the molecule is CCC(=O)NN1CN([C@@H]2O[C@H](CO)C(O)C2O)c2nc(NCCc3ccc(C(C)C(=S)Nc4ccc(N=C=S)cc4)cc3)nc(N)c21. The molecule has 1 fully saturated rings. The van der Waals surface area contributed by atoms with Crippen molar-refractivity contribution in [2.45, 2.75) is 57.1 Å². The molecule has 1 aromatic heterocycles. The molecule has 47 heavy (non-hydrogen) atoms. The van der Waals surface area contributed by atoms with Crippen LogP contribution in [0.3, 0.4) is 0 Å². The van der Waals surface area contributed by atoms with Gasteiger partial charge in [-0.25, -0.2) is 0 Å². The van der Waals surface area contributed by atoms with Crippen LogP contribution < -0.4 is 31.7 Å². The first kappa shape index (κ1) is 34.1. The number of nitrogens with two attached hydrogens (primary N) is 1. The fourth-order valence-corrected chi connectivity index (χ4v) is 5.67. The zero-order chi connectivity index (χ0) is 33.7. The van der Waals surface area contributed by atoms with Gasteiger partial charge in [0.2, 0.25) is 11.9 Å². The number of carbonyl (C=O) groups excluding carboxylic acids is 1. The van der Waals surface area contributed by atoms with Crippen molar-refractivity contribution < 1.29 is 24.9 Å². The number of ether oxygens (including phenoxy) is 1. The van der Waals surface area contributed by atoms with E-state index < -0.39 is 31.1 Å². The molecule has 14 nitrogen and oxygen atoms in total. The number of aliphatic imine (C=N–C) groups is 1. The molecule has 248 valence electrons. The number of thiocarbonyl (C=S) groups is 2. The van der Waals surface area contributed by atoms with Crippen LogP contribution in [0.4, 0.5) is 34.6 Å². The molecule has 2 aromatic carbocycles. The summed E-state index contributed by atoms with van der Waals surface area (Å²) >= 11 is 10.3. The number of aliphatic hydroxyl groups is 3. The number of hydrogen-bond acceptors (Lipinski definition) is 14. The molecule has 1 saturated heterocycles. The van der Waals surface area contributed by atoms with Gasteiger partial charge >= 0.3 is 0 Å². The molecule has 8 N–H and O–H groups in total. The summed E-state index contributed by atoms with van der Waals surface area (Å²) in [5.41, 5.74) is 13.2. The number of hydrogen-bond donors (Lipinski definition) is 7. The Kier molecular flexibility index (Phi) is 10.9. The molecule has 3 unspecified atom stereocenters. The first-order chi connectivity index (χ1) is 22.6. The van der Waals surface area contributed by atoms with E-state index in [1.807, 2.05) is 55.5 Å². The molecule has 0 saturated carbocycles. The normalized spacial score (nSPS) is 20.7. The van der Waals surface area contributed by atoms with Crippen LogP contribution >= 0.6 is 24.4 Å². The highest BCUT2D eigenvalue weighted by Gasteiger charge is 2.49. The zero-order valence-electron chi connectivity index (χ0n) is 25.8. The van der Waals surface area contributed by atoms with Crippen molar-refractivity contribution in [3.63, 3.8) is 0 Å². The second-order valence-corrected chi connectivity index (χ2v) is 11.8. The Morgan fingerprint density at radius 2 is 1.89 bits per heavy atom. The molecule has 5 atom stereocenters. The highest BCUT2D eigenvalue weighted by molar-refractivity contribution is 7.80. The van der Waals surface area contributed by atoms with E-state index in [0.29, 0.717) is 29.5 Å². The Balaban J connectivity index is 1.23. The Bertz CT molecular complexity index is 1640. The molecule has 0 spiro atoms. The fourth-order valence-electron chi connectivity index (χ4n) is 5.31. The second kappa shape index (κ2) is 15.1. The van der Waals surface area contributed by atoms with E-state index in [0.717, 1.165) is 22.5 Å². The average molecular weight is 680 g/mol. The van der Waals surface area contributed by atoms with Gasteiger partial charge in [0, 0.05) is 24.6 Å². The van der Waals surface area contributed by atoms with Gasteiger partial charge in [0.1, 0.15) is 30.7 Å². The van der Waals surface area contributed by atoms with E-state index in [-0.39, 0.29) is 36.7 Å². The van der Waals surface area contributed by atoms with Gasteiger partial charge in [-0.3, -0.25) is 15.2 Å². The largest absolute Gasteiger partial charge is 0.394 e. The molecule has 3 aromatic rings. The summed E-state index contributed by atoms with van der Waals surface area (Å²) in [6.45, 7) is 3.79. The van der Waals surface area contributed by atoms with Crippen molar-refractivity contribution >= 4 is 75.1 Å². The van der Waals surface area contributed by atoms with Crippen LogP contribution in [0, 0.1) is 0 Å². The minimum Gasteiger partial charge on any atom is -0.394 e. The van der Waals surface area contributed by atoms with E-state index in [1.54, 1.807) is 11.8 Å². The van der Waals surface area contributed by atoms with Crippen LogP contribution in [-0.4, -0.2) is 85.7 Å². The summed E-state index contributed by atoms with van der Waals surface area (Å²) in [7, 11) is 0. The third kappa shape index (κ3) is 7.66. The monoisotopic (exact) mass is 679 g/mol. The molecule has 0 radical (unpaired) electrons. The number of nitrogen functional groups attached to an aromatic ring is 1. The number of amides is 1. The molecular weight excluding hydrogens is 643 g/mol. The first-order valence-electron chi connectivity index (χ1n) is 15.1. The average Bonchev–Trinajstić information content (AvgIpc) is 3.57. The zero-order valence-corrected chi connectivity index (χ0v) is 27.5. The number of nitrogens with one attached hydrogen (secondary N) is 3. The molecule has 2 aliphatic rings. The van der Waals surface area contributed by atoms with Crippen molar-refractivity contribution in [3.8, 4) is 0 Å². The number of nitrogens with zero attached hydrogens (tertiary/aromatic N) is 5. The number of carbonyl (C=O) groups is 1. The van der Waals surface area contributed by atoms with Crippen LogP contribution in [0.25, 0.3) is 0 Å². The Hall–Kier alpha value is -4.28. The van der Waals surface area contributed by atoms with Gasteiger partial charge in [-0.2, -0.15) is 15.0 Å². The molecule has 3 heterocycles. The highest BCUT2D eigenvalue weighted by Crippen LogP contribution is 2.41. The van der Waals surface area contributed by atoms with Crippen LogP contribution in [0.15, 0.2) is 53.5 Å². The van der Waals surface area contributed by atoms with Gasteiger partial charge in [0.25, 0.3) is 0 Å². The van der Waals surface area contributed by atoms with E-state index >= 15 is 0 Å². The predicted molar refractivity (Wildman–Crippen MR) is 187 cm³/mol. The molecule has 16 heteroatoms. The van der Waals surface area contributed by atoms with Gasteiger partial charge in [-0.15, -0.1) is 0 Å². The first-order valence-corrected chi connectivity index (χ1v) is 15.9. The number of benzene rings is 2. The van der Waals surface area contributed by atoms with E-state index in [4.69, 9.17) is 22.7 Å². The molecular formula is C31H37N9O5S2. The minimum absolute atomic E-state index is 0.0145. The lowest BCUT2D eigenvalue weighted by atomic mass is 9.98. The van der Waals surface area contributed by atoms with Crippen molar-refractivity contribution in [3.05, 3.63) is 59.7 Å². The fraction of sp³-hybridized carbons (Fsp3) is 0.387. The van der Waals surface area contributed by atoms with Crippen molar-refractivity contribution in [1.82, 2.24) is 15.4 Å². The molecule has 5 rings (SSSR count). The molecule has 1 amide bonds. The lowest BCUT2D eigenvalue weighted by molar-refractivity contribution is -0.120. The third-order valence-corrected chi connectivity index (χ3v) is 8.56. The van der Waals surface area contributed by atoms with Crippen LogP contribution in [-0.2, 0) is 16.0 Å². The van der Waals surface area contributed by atoms with Gasteiger partial charge in [-0.05, 0) is 54.0 Å². The Labute approximate surface area is 282 Å². The summed E-state index contributed by atoms with van der Waals surface area (Å²) in [5, 5.41) is 40.9. The molecule has 0 aliphatic carbocycles. The number of aliphatic hydroxyl groups excluding tert-OH is 3. The van der Waals surface area contributed by atoms with Crippen LogP contribution in [0.2, 0.25) is 0 Å². The Morgan fingerprint density at radius 3 is 2.53 bits per heavy atom. The predicted octanol–water partition coefficient (Wildman–Crippen LogP) is 2.45. The number of hydrazine groups is 1. The van der Waals surface area contributed by atoms with E-state index in [2.05, 4.69) is 48.4 Å². The Morgan fingerprint density at radius 1 is 1.17 bits per heavy atom. The minimum atomic E-state index is -1.34. The standard InChI is InChI=1S/C31H37N9O5S2/c1-3-23(42)38-40-16-39(30-26(44)25(43)22(14-41)45-30)28-24(40)27(32)36-31(37-28)33-13-12-18-4-6-19(7-5-18)17(2)29(47)35-21-10-8-20(9-11-21)34-15-46/h4-11,17,22,25-26,30,41,43-44H,3,12-14,16H2,1-2H3,(H,35,47)(H,38,42)(H3,32,33,36,37)/t17?,22-,25?,26?,30-/m1/s1. The van der Waals surface area contributed by atoms with Crippen LogP contribution in [0.1, 0.15) is 37.3 Å². The number of rotatable bonds is 12. The maximum Gasteiger partial charge on any atom is 0.238 e. The quantitative estimate of drug-likeness (QED) is 0.109. The van der Waals surface area contributed by atoms with Crippen LogP contribution in [0.5, 0.6) is 0 Å². The highest BCUT2D eigenvalue weighted by atomic mass is 32.1. The molecule has 2 aliphatic heterocycles. The third-order valence-electron chi connectivity index (χ3n) is 8.01. The van der Waals surface area contributed by atoms with E-state index in [9.17, 15) is 20.1 Å². The second-order valence-electron chi connectivity index (χ2n) is 11.1. The van der Waals surface area contributed by atoms with Crippen molar-refractivity contribution in [2.24, 2.45) is 4.99 Å². The number of fused-ring (bicyclic) bond motifs is 1. The number of isothiocyanates is 1. The van der Waals surface area contributed by atoms with E-state index in [1.165, 1.54) is 5.01 Å². The van der Waals surface area contributed by atoms with Crippen molar-refractivity contribution in [2.75, 3.05) is 46.1 Å². The lowest BCUT2D eigenvalue weighted by Gasteiger charge is -2.28. The molecule has 0 bridgehead atoms. The smallest absolute Gasteiger partial charge is 0.238 e. The van der Waals surface area contributed by atoms with Gasteiger partial charge in [0.15, 0.2) is 17.9 Å². The number of aromatic nitrogens is 2. The van der Waals surface area contributed by atoms with Crippen molar-refractivity contribution in [1.29, 1.82) is 0 Å².